The van der Waals surface area contributed by atoms with Gasteiger partial charge in [0.25, 0.3) is 0 Å². The molecule has 0 bridgehead atoms. The molecule has 0 aromatic carbocycles. The minimum Gasteiger partial charge on any atom is -0.450 e. The Morgan fingerprint density at radius 3 is 2.64 bits per heavy atom. The SMILES string of the molecule is CCOC(=O)NCCCCCNC=O. The van der Waals surface area contributed by atoms with E-state index < -0.39 is 0 Å². The van der Waals surface area contributed by atoms with Crippen molar-refractivity contribution in [3.05, 3.63) is 0 Å². The topological polar surface area (TPSA) is 67.4 Å². The van der Waals surface area contributed by atoms with Gasteiger partial charge >= 0.3 is 6.09 Å². The smallest absolute Gasteiger partial charge is 0.407 e. The molecule has 14 heavy (non-hydrogen) atoms. The summed E-state index contributed by atoms with van der Waals surface area (Å²) >= 11 is 0. The second kappa shape index (κ2) is 9.83. The lowest BCUT2D eigenvalue weighted by Crippen LogP contribution is -2.25. The molecule has 5 nitrogen and oxygen atoms in total. The molecule has 0 radical (unpaired) electrons. The normalized spacial score (nSPS) is 9.21. The van der Waals surface area contributed by atoms with Crippen molar-refractivity contribution in [3.63, 3.8) is 0 Å². The molecule has 0 unspecified atom stereocenters. The van der Waals surface area contributed by atoms with Crippen molar-refractivity contribution < 1.29 is 14.3 Å². The summed E-state index contributed by atoms with van der Waals surface area (Å²) in [6, 6.07) is 0. The molecular weight excluding hydrogens is 184 g/mol. The first-order valence-corrected chi connectivity index (χ1v) is 4.89. The van der Waals surface area contributed by atoms with Gasteiger partial charge in [-0.15, -0.1) is 0 Å². The molecule has 0 spiro atoms. The Kier molecular flexibility index (Phi) is 8.94. The maximum atomic E-state index is 10.8. The fraction of sp³-hybridized carbons (Fsp3) is 0.778. The van der Waals surface area contributed by atoms with E-state index >= 15 is 0 Å². The van der Waals surface area contributed by atoms with E-state index in [1.807, 2.05) is 0 Å². The lowest BCUT2D eigenvalue weighted by atomic mass is 10.2. The number of alkyl carbamates (subject to hydrolysis) is 1. The predicted octanol–water partition coefficient (Wildman–Crippen LogP) is 0.649. The molecule has 0 aliphatic rings. The van der Waals surface area contributed by atoms with Crippen molar-refractivity contribution in [1.29, 1.82) is 0 Å². The Morgan fingerprint density at radius 1 is 1.29 bits per heavy atom. The van der Waals surface area contributed by atoms with Gasteiger partial charge in [-0.25, -0.2) is 4.79 Å². The van der Waals surface area contributed by atoms with Crippen molar-refractivity contribution in [2.75, 3.05) is 19.7 Å². The first-order chi connectivity index (χ1) is 6.81. The number of carbonyl (C=O) groups excluding carboxylic acids is 2. The highest BCUT2D eigenvalue weighted by Gasteiger charge is 1.97. The molecular formula is C9H18N2O3. The van der Waals surface area contributed by atoms with Gasteiger partial charge in [0, 0.05) is 13.1 Å². The van der Waals surface area contributed by atoms with E-state index in [2.05, 4.69) is 15.4 Å². The van der Waals surface area contributed by atoms with Crippen molar-refractivity contribution in [2.24, 2.45) is 0 Å². The van der Waals surface area contributed by atoms with Gasteiger partial charge in [-0.3, -0.25) is 4.79 Å². The van der Waals surface area contributed by atoms with Crippen LogP contribution in [0.5, 0.6) is 0 Å². The average molecular weight is 202 g/mol. The number of unbranched alkanes of at least 4 members (excludes halogenated alkanes) is 2. The minimum atomic E-state index is -0.362. The monoisotopic (exact) mass is 202 g/mol. The highest BCUT2D eigenvalue weighted by molar-refractivity contribution is 5.66. The zero-order valence-corrected chi connectivity index (χ0v) is 8.54. The van der Waals surface area contributed by atoms with E-state index in [-0.39, 0.29) is 6.09 Å². The number of amides is 2. The zero-order valence-electron chi connectivity index (χ0n) is 8.54. The van der Waals surface area contributed by atoms with Crippen molar-refractivity contribution in [2.45, 2.75) is 26.2 Å². The van der Waals surface area contributed by atoms with Crippen LogP contribution in [0.15, 0.2) is 0 Å². The lowest BCUT2D eigenvalue weighted by molar-refractivity contribution is -0.109. The van der Waals surface area contributed by atoms with Crippen molar-refractivity contribution in [1.82, 2.24) is 10.6 Å². The summed E-state index contributed by atoms with van der Waals surface area (Å²) in [5.41, 5.74) is 0. The van der Waals surface area contributed by atoms with Gasteiger partial charge in [-0.2, -0.15) is 0 Å². The molecule has 0 aliphatic carbocycles. The molecule has 0 saturated carbocycles. The molecule has 0 aromatic heterocycles. The molecule has 0 fully saturated rings. The minimum absolute atomic E-state index is 0.362. The predicted molar refractivity (Wildman–Crippen MR) is 52.9 cm³/mol. The Morgan fingerprint density at radius 2 is 2.00 bits per heavy atom. The van der Waals surface area contributed by atoms with Crippen LogP contribution in [-0.4, -0.2) is 32.2 Å². The van der Waals surface area contributed by atoms with E-state index in [1.54, 1.807) is 6.92 Å². The molecule has 0 atom stereocenters. The molecule has 2 amide bonds. The van der Waals surface area contributed by atoms with Gasteiger partial charge in [-0.1, -0.05) is 0 Å². The van der Waals surface area contributed by atoms with Crippen LogP contribution in [0.4, 0.5) is 4.79 Å². The van der Waals surface area contributed by atoms with Crippen LogP contribution >= 0.6 is 0 Å². The first-order valence-electron chi connectivity index (χ1n) is 4.89. The summed E-state index contributed by atoms with van der Waals surface area (Å²) in [4.78, 5) is 20.7. The number of carbonyl (C=O) groups is 2. The zero-order chi connectivity index (χ0) is 10.6. The van der Waals surface area contributed by atoms with Crippen molar-refractivity contribution in [3.8, 4) is 0 Å². The van der Waals surface area contributed by atoms with Crippen LogP contribution in [0.25, 0.3) is 0 Å². The van der Waals surface area contributed by atoms with Gasteiger partial charge in [0.2, 0.25) is 6.41 Å². The Labute approximate surface area is 84.2 Å². The van der Waals surface area contributed by atoms with Gasteiger partial charge < -0.3 is 15.4 Å². The van der Waals surface area contributed by atoms with E-state index in [1.165, 1.54) is 0 Å². The number of nitrogens with one attached hydrogen (secondary N) is 2. The van der Waals surface area contributed by atoms with Crippen LogP contribution in [-0.2, 0) is 9.53 Å². The molecule has 0 aromatic rings. The third kappa shape index (κ3) is 8.83. The first kappa shape index (κ1) is 12.7. The molecule has 2 N–H and O–H groups in total. The van der Waals surface area contributed by atoms with Crippen LogP contribution < -0.4 is 10.6 Å². The maximum absolute atomic E-state index is 10.8. The van der Waals surface area contributed by atoms with Gasteiger partial charge in [0.05, 0.1) is 6.61 Å². The van der Waals surface area contributed by atoms with E-state index in [4.69, 9.17) is 0 Å². The fourth-order valence-electron chi connectivity index (χ4n) is 0.960. The van der Waals surface area contributed by atoms with Crippen molar-refractivity contribution >= 4 is 12.5 Å². The number of hydrogen-bond donors (Lipinski definition) is 2. The highest BCUT2D eigenvalue weighted by Crippen LogP contribution is 1.92. The number of hydrogen-bond acceptors (Lipinski definition) is 3. The Balaban J connectivity index is 3.05. The van der Waals surface area contributed by atoms with E-state index in [0.717, 1.165) is 19.3 Å². The summed E-state index contributed by atoms with van der Waals surface area (Å²) in [6.07, 6.45) is 3.14. The van der Waals surface area contributed by atoms with Gasteiger partial charge in [-0.05, 0) is 26.2 Å². The molecule has 0 heterocycles. The van der Waals surface area contributed by atoms with E-state index in [0.29, 0.717) is 26.1 Å². The second-order valence-electron chi connectivity index (χ2n) is 2.78. The Bertz CT molecular complexity index is 162. The third-order valence-corrected chi connectivity index (χ3v) is 1.63. The molecule has 82 valence electrons. The quantitative estimate of drug-likeness (QED) is 0.448. The summed E-state index contributed by atoms with van der Waals surface area (Å²) in [6.45, 7) is 3.49. The molecule has 0 saturated heterocycles. The van der Waals surface area contributed by atoms with Crippen LogP contribution in [0.3, 0.4) is 0 Å². The van der Waals surface area contributed by atoms with Crippen LogP contribution in [0.2, 0.25) is 0 Å². The average Bonchev–Trinajstić information content (AvgIpc) is 2.17. The maximum Gasteiger partial charge on any atom is 0.407 e. The second-order valence-corrected chi connectivity index (χ2v) is 2.78. The summed E-state index contributed by atoms with van der Waals surface area (Å²) in [5, 5.41) is 5.20. The number of rotatable bonds is 8. The van der Waals surface area contributed by atoms with E-state index in [9.17, 15) is 9.59 Å². The van der Waals surface area contributed by atoms with Gasteiger partial charge in [0.15, 0.2) is 0 Å². The molecule has 0 aliphatic heterocycles. The lowest BCUT2D eigenvalue weighted by Gasteiger charge is -2.04. The van der Waals surface area contributed by atoms with Crippen LogP contribution in [0, 0.1) is 0 Å². The summed E-state index contributed by atoms with van der Waals surface area (Å²) < 4.78 is 4.68. The molecule has 0 rings (SSSR count). The summed E-state index contributed by atoms with van der Waals surface area (Å²) in [7, 11) is 0. The summed E-state index contributed by atoms with van der Waals surface area (Å²) in [5.74, 6) is 0. The van der Waals surface area contributed by atoms with Crippen LogP contribution in [0.1, 0.15) is 26.2 Å². The number of ether oxygens (including phenoxy) is 1. The third-order valence-electron chi connectivity index (χ3n) is 1.63. The highest BCUT2D eigenvalue weighted by atomic mass is 16.5. The standard InChI is InChI=1S/C9H18N2O3/c1-2-14-9(13)11-7-5-3-4-6-10-8-12/h8H,2-7H2,1H3,(H,10,12)(H,11,13). The molecule has 5 heteroatoms. The fourth-order valence-corrected chi connectivity index (χ4v) is 0.960. The largest absolute Gasteiger partial charge is 0.450 e. The van der Waals surface area contributed by atoms with Gasteiger partial charge in [0.1, 0.15) is 0 Å². The Hall–Kier alpha value is -1.26.